The molecule has 1 N–H and O–H groups in total. The van der Waals surface area contributed by atoms with Crippen LogP contribution in [0, 0.1) is 5.82 Å². The van der Waals surface area contributed by atoms with Gasteiger partial charge in [0.2, 0.25) is 5.91 Å². The van der Waals surface area contributed by atoms with Gasteiger partial charge in [-0.25, -0.2) is 9.38 Å². The number of nitrogens with zero attached hydrogens (tertiary/aromatic N) is 2. The lowest BCUT2D eigenvalue weighted by Crippen LogP contribution is -2.33. The minimum absolute atomic E-state index is 0.232. The maximum absolute atomic E-state index is 13.5. The predicted octanol–water partition coefficient (Wildman–Crippen LogP) is 5.34. The molecule has 0 saturated heterocycles. The molecule has 0 aliphatic carbocycles. The Hall–Kier alpha value is -3.91. The van der Waals surface area contributed by atoms with Gasteiger partial charge in [-0.1, -0.05) is 54.2 Å². The molecule has 0 radical (unpaired) electrons. The molecule has 8 heteroatoms. The van der Waals surface area contributed by atoms with Crippen LogP contribution in [0.2, 0.25) is 0 Å². The first-order valence-corrected chi connectivity index (χ1v) is 11.4. The second kappa shape index (κ2) is 10.4. The van der Waals surface area contributed by atoms with Crippen molar-refractivity contribution in [3.05, 3.63) is 95.9 Å². The van der Waals surface area contributed by atoms with Crippen molar-refractivity contribution in [2.24, 2.45) is 4.99 Å². The number of benzene rings is 3. The summed E-state index contributed by atoms with van der Waals surface area (Å²) in [5, 5.41) is 2.60. The molecule has 0 bridgehead atoms. The summed E-state index contributed by atoms with van der Waals surface area (Å²) in [6, 6.07) is 22.0. The van der Waals surface area contributed by atoms with Gasteiger partial charge in [0, 0.05) is 0 Å². The van der Waals surface area contributed by atoms with Crippen LogP contribution in [-0.2, 0) is 9.59 Å². The van der Waals surface area contributed by atoms with E-state index in [4.69, 9.17) is 4.74 Å². The number of methoxy groups -OCH3 is 1. The zero-order valence-corrected chi connectivity index (χ0v) is 19.4. The highest BCUT2D eigenvalue weighted by Gasteiger charge is 2.34. The van der Waals surface area contributed by atoms with Crippen LogP contribution < -0.4 is 15.0 Å². The number of hydrogen-bond donors (Lipinski definition) is 1. The number of hydrogen-bond acceptors (Lipinski definition) is 5. The molecular formula is C26H22FN3O3S. The van der Waals surface area contributed by atoms with E-state index in [2.05, 4.69) is 10.3 Å². The van der Waals surface area contributed by atoms with E-state index in [9.17, 15) is 14.0 Å². The lowest BCUT2D eigenvalue weighted by atomic mass is 10.2. The van der Waals surface area contributed by atoms with Crippen molar-refractivity contribution in [1.82, 2.24) is 0 Å². The number of nitrogens with one attached hydrogen (secondary N) is 1. The highest BCUT2D eigenvalue weighted by molar-refractivity contribution is 8.15. The van der Waals surface area contributed by atoms with Crippen molar-refractivity contribution >= 4 is 46.2 Å². The Bertz CT molecular complexity index is 1260. The first-order valence-electron chi connectivity index (χ1n) is 10.5. The van der Waals surface area contributed by atoms with E-state index in [0.29, 0.717) is 22.3 Å². The van der Waals surface area contributed by atoms with Gasteiger partial charge >= 0.3 is 0 Å². The van der Waals surface area contributed by atoms with Crippen molar-refractivity contribution in [2.45, 2.75) is 12.2 Å². The van der Waals surface area contributed by atoms with Crippen molar-refractivity contribution in [1.29, 1.82) is 0 Å². The zero-order chi connectivity index (χ0) is 24.1. The molecule has 1 heterocycles. The van der Waals surface area contributed by atoms with Crippen LogP contribution in [-0.4, -0.2) is 29.3 Å². The number of carbonyl (C=O) groups is 2. The zero-order valence-electron chi connectivity index (χ0n) is 18.6. The number of carbonyl (C=O) groups excluding carboxylic acids is 2. The largest absolute Gasteiger partial charge is 0.495 e. The molecule has 0 spiro atoms. The summed E-state index contributed by atoms with van der Waals surface area (Å²) >= 11 is 1.14. The first kappa shape index (κ1) is 23.3. The van der Waals surface area contributed by atoms with Crippen LogP contribution in [0.25, 0.3) is 6.08 Å². The fraction of sp³-hybridized carbons (Fsp3) is 0.115. The third-order valence-electron chi connectivity index (χ3n) is 5.03. The van der Waals surface area contributed by atoms with Crippen LogP contribution in [0.15, 0.2) is 89.6 Å². The van der Waals surface area contributed by atoms with Gasteiger partial charge in [0.05, 0.1) is 23.7 Å². The minimum Gasteiger partial charge on any atom is -0.495 e. The average Bonchev–Trinajstić information content (AvgIpc) is 3.14. The Balaban J connectivity index is 1.61. The van der Waals surface area contributed by atoms with Crippen molar-refractivity contribution in [2.75, 3.05) is 17.3 Å². The topological polar surface area (TPSA) is 71.0 Å². The summed E-state index contributed by atoms with van der Waals surface area (Å²) in [6.45, 7) is 1.73. The number of aliphatic imine (C=N–C) groups is 1. The van der Waals surface area contributed by atoms with Crippen LogP contribution in [0.3, 0.4) is 0 Å². The highest BCUT2D eigenvalue weighted by atomic mass is 32.2. The Labute approximate surface area is 201 Å². The van der Waals surface area contributed by atoms with E-state index in [1.807, 2.05) is 36.4 Å². The number of halogens is 1. The third kappa shape index (κ3) is 5.18. The number of ether oxygens (including phenoxy) is 1. The minimum atomic E-state index is -0.588. The summed E-state index contributed by atoms with van der Waals surface area (Å²) in [7, 11) is 1.53. The van der Waals surface area contributed by atoms with Gasteiger partial charge in [0.1, 0.15) is 17.3 Å². The van der Waals surface area contributed by atoms with E-state index in [1.54, 1.807) is 31.2 Å². The molecule has 3 aromatic carbocycles. The molecule has 3 aromatic rings. The van der Waals surface area contributed by atoms with E-state index in [0.717, 1.165) is 17.3 Å². The summed E-state index contributed by atoms with van der Waals surface area (Å²) in [5.41, 5.74) is 2.07. The maximum atomic E-state index is 13.5. The van der Waals surface area contributed by atoms with Crippen molar-refractivity contribution < 1.29 is 18.7 Å². The fourth-order valence-corrected chi connectivity index (χ4v) is 4.22. The molecule has 0 aromatic heterocycles. The molecule has 1 aliphatic rings. The number of anilines is 2. The molecule has 2 amide bonds. The highest BCUT2D eigenvalue weighted by Crippen LogP contribution is 2.32. The summed E-state index contributed by atoms with van der Waals surface area (Å²) in [6.07, 6.45) is 1.69. The molecule has 6 nitrogen and oxygen atoms in total. The molecular weight excluding hydrogens is 453 g/mol. The van der Waals surface area contributed by atoms with E-state index in [-0.39, 0.29) is 17.5 Å². The van der Waals surface area contributed by atoms with Gasteiger partial charge in [-0.2, -0.15) is 0 Å². The summed E-state index contributed by atoms with van der Waals surface area (Å²) < 4.78 is 18.8. The molecule has 1 atom stereocenters. The van der Waals surface area contributed by atoms with Gasteiger partial charge in [0.15, 0.2) is 5.17 Å². The number of amides is 2. The number of thioether (sulfide) groups is 1. The molecule has 0 fully saturated rings. The second-order valence-electron chi connectivity index (χ2n) is 7.40. The number of rotatable bonds is 6. The van der Waals surface area contributed by atoms with Crippen LogP contribution in [0.4, 0.5) is 15.8 Å². The SMILES string of the molecule is COc1ccccc1NC(=O)C(C)SC1=N/C(=C\c2ccccc2)C(=O)N1c1ccc(F)cc1. The van der Waals surface area contributed by atoms with Gasteiger partial charge in [0.25, 0.3) is 5.91 Å². The number of amidine groups is 1. The van der Waals surface area contributed by atoms with Gasteiger partial charge in [-0.05, 0) is 55.0 Å². The Kier molecular flexibility index (Phi) is 7.08. The second-order valence-corrected chi connectivity index (χ2v) is 8.71. The smallest absolute Gasteiger partial charge is 0.283 e. The summed E-state index contributed by atoms with van der Waals surface area (Å²) in [5.74, 6) is -0.493. The Morgan fingerprint density at radius 1 is 1.06 bits per heavy atom. The maximum Gasteiger partial charge on any atom is 0.283 e. The molecule has 4 rings (SSSR count). The van der Waals surface area contributed by atoms with E-state index >= 15 is 0 Å². The normalized spacial score (nSPS) is 15.3. The molecule has 0 saturated carbocycles. The van der Waals surface area contributed by atoms with E-state index in [1.165, 1.54) is 36.3 Å². The lowest BCUT2D eigenvalue weighted by Gasteiger charge is -2.20. The quantitative estimate of drug-likeness (QED) is 0.489. The van der Waals surface area contributed by atoms with Crippen LogP contribution in [0.5, 0.6) is 5.75 Å². The number of para-hydroxylation sites is 2. The molecule has 172 valence electrons. The molecule has 34 heavy (non-hydrogen) atoms. The molecule has 1 unspecified atom stereocenters. The van der Waals surface area contributed by atoms with Gasteiger partial charge in [-0.3, -0.25) is 14.5 Å². The molecule has 1 aliphatic heterocycles. The Morgan fingerprint density at radius 2 is 1.74 bits per heavy atom. The van der Waals surface area contributed by atoms with Crippen molar-refractivity contribution in [3.8, 4) is 5.75 Å². The van der Waals surface area contributed by atoms with Crippen LogP contribution >= 0.6 is 11.8 Å². The standard InChI is InChI=1S/C26H22FN3O3S/c1-17(24(31)28-21-10-6-7-11-23(21)33-2)34-26-29-22(16-18-8-4-3-5-9-18)25(32)30(26)20-14-12-19(27)13-15-20/h3-17H,1-2H3,(H,28,31)/b22-16-. The first-order chi connectivity index (χ1) is 16.5. The summed E-state index contributed by atoms with van der Waals surface area (Å²) in [4.78, 5) is 32.1. The lowest BCUT2D eigenvalue weighted by molar-refractivity contribution is -0.115. The van der Waals surface area contributed by atoms with E-state index < -0.39 is 11.1 Å². The van der Waals surface area contributed by atoms with Crippen LogP contribution in [0.1, 0.15) is 12.5 Å². The average molecular weight is 476 g/mol. The predicted molar refractivity (Wildman–Crippen MR) is 134 cm³/mol. The third-order valence-corrected chi connectivity index (χ3v) is 6.09. The Morgan fingerprint density at radius 3 is 2.44 bits per heavy atom. The fourth-order valence-electron chi connectivity index (χ4n) is 3.29. The monoisotopic (exact) mass is 475 g/mol. The van der Waals surface area contributed by atoms with Gasteiger partial charge < -0.3 is 10.1 Å². The van der Waals surface area contributed by atoms with Gasteiger partial charge in [-0.15, -0.1) is 0 Å². The van der Waals surface area contributed by atoms with Crippen molar-refractivity contribution in [3.63, 3.8) is 0 Å².